The average Bonchev–Trinajstić information content (AvgIpc) is 2.56. The van der Waals surface area contributed by atoms with Gasteiger partial charge in [0.2, 0.25) is 5.91 Å². The highest BCUT2D eigenvalue weighted by Gasteiger charge is 2.14. The number of para-hydroxylation sites is 2. The molecular weight excluding hydrogens is 278 g/mol. The van der Waals surface area contributed by atoms with Gasteiger partial charge in [-0.1, -0.05) is 25.5 Å². The largest absolute Gasteiger partial charge is 0.383 e. The Hall–Kier alpha value is -1.75. The number of amides is 1. The van der Waals surface area contributed by atoms with Gasteiger partial charge in [-0.05, 0) is 18.6 Å². The van der Waals surface area contributed by atoms with Gasteiger partial charge in [0.1, 0.15) is 0 Å². The Bertz CT molecular complexity index is 459. The van der Waals surface area contributed by atoms with Crippen LogP contribution in [0.2, 0.25) is 0 Å². The zero-order valence-corrected chi connectivity index (χ0v) is 13.4. The van der Waals surface area contributed by atoms with E-state index in [1.165, 1.54) is 5.69 Å². The number of benzene rings is 1. The number of morpholine rings is 1. The van der Waals surface area contributed by atoms with Crippen molar-refractivity contribution in [2.24, 2.45) is 0 Å². The first-order chi connectivity index (χ1) is 10.8. The first kappa shape index (κ1) is 16.6. The Kier molecular flexibility index (Phi) is 7.03. The van der Waals surface area contributed by atoms with Gasteiger partial charge in [-0.2, -0.15) is 0 Å². The molecule has 22 heavy (non-hydrogen) atoms. The number of carbonyl (C=O) groups excluding carboxylic acids is 1. The zero-order chi connectivity index (χ0) is 15.6. The van der Waals surface area contributed by atoms with E-state index in [-0.39, 0.29) is 5.91 Å². The van der Waals surface area contributed by atoms with E-state index in [4.69, 9.17) is 4.74 Å². The van der Waals surface area contributed by atoms with Crippen molar-refractivity contribution >= 4 is 17.3 Å². The summed E-state index contributed by atoms with van der Waals surface area (Å²) in [6.45, 7) is 6.92. The zero-order valence-electron chi connectivity index (χ0n) is 13.4. The quantitative estimate of drug-likeness (QED) is 0.723. The van der Waals surface area contributed by atoms with Gasteiger partial charge in [0, 0.05) is 32.6 Å². The molecular formula is C17H27N3O2. The van der Waals surface area contributed by atoms with E-state index in [1.807, 2.05) is 12.1 Å². The van der Waals surface area contributed by atoms with Crippen LogP contribution >= 0.6 is 0 Å². The standard InChI is InChI=1S/C17H27N3O2/c1-2-3-9-19-17(21)8-10-18-15-6-4-5-7-16(15)20-11-13-22-14-12-20/h4-7,18H,2-3,8-14H2,1H3,(H,19,21). The van der Waals surface area contributed by atoms with Crippen LogP contribution in [0.15, 0.2) is 24.3 Å². The molecule has 1 aliphatic rings. The van der Waals surface area contributed by atoms with Crippen molar-refractivity contribution in [1.82, 2.24) is 5.32 Å². The van der Waals surface area contributed by atoms with Gasteiger partial charge in [-0.15, -0.1) is 0 Å². The summed E-state index contributed by atoms with van der Waals surface area (Å²) in [6.07, 6.45) is 2.64. The molecule has 122 valence electrons. The summed E-state index contributed by atoms with van der Waals surface area (Å²) < 4.78 is 5.41. The van der Waals surface area contributed by atoms with Crippen molar-refractivity contribution in [3.05, 3.63) is 24.3 Å². The Labute approximate surface area is 133 Å². The van der Waals surface area contributed by atoms with Crippen LogP contribution in [0.4, 0.5) is 11.4 Å². The molecule has 1 fully saturated rings. The van der Waals surface area contributed by atoms with Gasteiger partial charge in [0.25, 0.3) is 0 Å². The van der Waals surface area contributed by atoms with Crippen molar-refractivity contribution in [3.8, 4) is 0 Å². The Morgan fingerprint density at radius 2 is 2.00 bits per heavy atom. The number of anilines is 2. The SMILES string of the molecule is CCCCNC(=O)CCNc1ccccc1N1CCOCC1. The topological polar surface area (TPSA) is 53.6 Å². The highest BCUT2D eigenvalue weighted by Crippen LogP contribution is 2.26. The molecule has 1 aromatic carbocycles. The molecule has 2 N–H and O–H groups in total. The van der Waals surface area contributed by atoms with E-state index in [1.54, 1.807) is 0 Å². The normalized spacial score (nSPS) is 14.7. The molecule has 2 rings (SSSR count). The minimum Gasteiger partial charge on any atom is -0.383 e. The number of unbranched alkanes of at least 4 members (excludes halogenated alkanes) is 1. The molecule has 1 aliphatic heterocycles. The molecule has 0 bridgehead atoms. The maximum absolute atomic E-state index is 11.7. The third-order valence-corrected chi connectivity index (χ3v) is 3.78. The van der Waals surface area contributed by atoms with Gasteiger partial charge in [0.15, 0.2) is 0 Å². The van der Waals surface area contributed by atoms with Crippen LogP contribution in [0.5, 0.6) is 0 Å². The molecule has 0 unspecified atom stereocenters. The summed E-state index contributed by atoms with van der Waals surface area (Å²) >= 11 is 0. The van der Waals surface area contributed by atoms with Crippen LogP contribution in [0.1, 0.15) is 26.2 Å². The number of carbonyl (C=O) groups is 1. The van der Waals surface area contributed by atoms with E-state index in [0.717, 1.165) is 51.4 Å². The van der Waals surface area contributed by atoms with Gasteiger partial charge >= 0.3 is 0 Å². The summed E-state index contributed by atoms with van der Waals surface area (Å²) in [4.78, 5) is 14.0. The third-order valence-electron chi connectivity index (χ3n) is 3.78. The lowest BCUT2D eigenvalue weighted by atomic mass is 10.2. The monoisotopic (exact) mass is 305 g/mol. The molecule has 0 aromatic heterocycles. The molecule has 0 aliphatic carbocycles. The van der Waals surface area contributed by atoms with Crippen molar-refractivity contribution in [2.75, 3.05) is 49.6 Å². The van der Waals surface area contributed by atoms with Gasteiger partial charge in [0.05, 0.1) is 24.6 Å². The summed E-state index contributed by atoms with van der Waals surface area (Å²) in [5.74, 6) is 0.116. The summed E-state index contributed by atoms with van der Waals surface area (Å²) in [7, 11) is 0. The fourth-order valence-corrected chi connectivity index (χ4v) is 2.51. The Morgan fingerprint density at radius 1 is 1.23 bits per heavy atom. The number of rotatable bonds is 8. The van der Waals surface area contributed by atoms with Crippen molar-refractivity contribution in [2.45, 2.75) is 26.2 Å². The van der Waals surface area contributed by atoms with E-state index < -0.39 is 0 Å². The molecule has 0 saturated carbocycles. The van der Waals surface area contributed by atoms with Gasteiger partial charge in [-0.3, -0.25) is 4.79 Å². The summed E-state index contributed by atoms with van der Waals surface area (Å²) in [5.41, 5.74) is 2.28. The minimum absolute atomic E-state index is 0.116. The maximum atomic E-state index is 11.7. The lowest BCUT2D eigenvalue weighted by Gasteiger charge is -2.30. The van der Waals surface area contributed by atoms with Crippen LogP contribution < -0.4 is 15.5 Å². The molecule has 1 heterocycles. The maximum Gasteiger partial charge on any atom is 0.221 e. The predicted octanol–water partition coefficient (Wildman–Crippen LogP) is 2.24. The average molecular weight is 305 g/mol. The molecule has 0 radical (unpaired) electrons. The van der Waals surface area contributed by atoms with E-state index in [2.05, 4.69) is 34.6 Å². The molecule has 0 spiro atoms. The second-order valence-electron chi connectivity index (χ2n) is 5.50. The lowest BCUT2D eigenvalue weighted by molar-refractivity contribution is -0.120. The van der Waals surface area contributed by atoms with Gasteiger partial charge in [-0.25, -0.2) is 0 Å². The molecule has 1 amide bonds. The van der Waals surface area contributed by atoms with E-state index in [0.29, 0.717) is 13.0 Å². The summed E-state index contributed by atoms with van der Waals surface area (Å²) in [5, 5.41) is 6.33. The number of nitrogens with one attached hydrogen (secondary N) is 2. The molecule has 5 heteroatoms. The van der Waals surface area contributed by atoms with Crippen molar-refractivity contribution < 1.29 is 9.53 Å². The van der Waals surface area contributed by atoms with Crippen LogP contribution in [-0.4, -0.2) is 45.3 Å². The van der Waals surface area contributed by atoms with Crippen molar-refractivity contribution in [1.29, 1.82) is 0 Å². The Morgan fingerprint density at radius 3 is 2.77 bits per heavy atom. The third kappa shape index (κ3) is 5.22. The van der Waals surface area contributed by atoms with E-state index in [9.17, 15) is 4.79 Å². The van der Waals surface area contributed by atoms with Crippen LogP contribution in [0, 0.1) is 0 Å². The number of hydrogen-bond acceptors (Lipinski definition) is 4. The first-order valence-corrected chi connectivity index (χ1v) is 8.23. The van der Waals surface area contributed by atoms with Gasteiger partial charge < -0.3 is 20.3 Å². The number of hydrogen-bond donors (Lipinski definition) is 2. The minimum atomic E-state index is 0.116. The molecule has 5 nitrogen and oxygen atoms in total. The van der Waals surface area contributed by atoms with Crippen LogP contribution in [0.3, 0.4) is 0 Å². The number of nitrogens with zero attached hydrogens (tertiary/aromatic N) is 1. The van der Waals surface area contributed by atoms with Crippen LogP contribution in [-0.2, 0) is 9.53 Å². The fourth-order valence-electron chi connectivity index (χ4n) is 2.51. The molecule has 1 aromatic rings. The predicted molar refractivity (Wildman–Crippen MR) is 90.5 cm³/mol. The number of ether oxygens (including phenoxy) is 1. The Balaban J connectivity index is 1.81. The smallest absolute Gasteiger partial charge is 0.221 e. The summed E-state index contributed by atoms with van der Waals surface area (Å²) in [6, 6.07) is 8.26. The van der Waals surface area contributed by atoms with Crippen LogP contribution in [0.25, 0.3) is 0 Å². The lowest BCUT2D eigenvalue weighted by Crippen LogP contribution is -2.36. The molecule has 0 atom stereocenters. The highest BCUT2D eigenvalue weighted by molar-refractivity contribution is 5.77. The molecule has 1 saturated heterocycles. The van der Waals surface area contributed by atoms with E-state index >= 15 is 0 Å². The second kappa shape index (κ2) is 9.30. The highest BCUT2D eigenvalue weighted by atomic mass is 16.5. The second-order valence-corrected chi connectivity index (χ2v) is 5.50. The first-order valence-electron chi connectivity index (χ1n) is 8.23. The fraction of sp³-hybridized carbons (Fsp3) is 0.588. The van der Waals surface area contributed by atoms with Crippen molar-refractivity contribution in [3.63, 3.8) is 0 Å².